The van der Waals surface area contributed by atoms with Gasteiger partial charge >= 0.3 is 6.03 Å². The van der Waals surface area contributed by atoms with Crippen molar-refractivity contribution in [2.45, 2.75) is 38.5 Å². The van der Waals surface area contributed by atoms with Gasteiger partial charge in [-0.1, -0.05) is 23.7 Å². The van der Waals surface area contributed by atoms with Crippen LogP contribution in [0.4, 0.5) is 10.6 Å². The van der Waals surface area contributed by atoms with Crippen molar-refractivity contribution in [3.63, 3.8) is 0 Å². The smallest absolute Gasteiger partial charge is 0.320 e. The van der Waals surface area contributed by atoms with E-state index in [0.29, 0.717) is 17.4 Å². The zero-order valence-corrected chi connectivity index (χ0v) is 14.5. The van der Waals surface area contributed by atoms with E-state index in [9.17, 15) is 4.79 Å². The lowest BCUT2D eigenvalue weighted by atomic mass is 10.0. The maximum Gasteiger partial charge on any atom is 0.320 e. The molecular weight excluding hydrogens is 328 g/mol. The molecular formula is C17H21ClN4O2. The Bertz CT molecular complexity index is 699. The van der Waals surface area contributed by atoms with Crippen LogP contribution < -0.4 is 10.6 Å². The number of nitrogens with one attached hydrogen (secondary N) is 2. The molecule has 1 aliphatic heterocycles. The van der Waals surface area contributed by atoms with Gasteiger partial charge in [0.2, 0.25) is 0 Å². The van der Waals surface area contributed by atoms with Gasteiger partial charge in [-0.25, -0.2) is 9.48 Å². The average Bonchev–Trinajstić information content (AvgIpc) is 3.17. The zero-order chi connectivity index (χ0) is 17.1. The van der Waals surface area contributed by atoms with Crippen LogP contribution >= 0.6 is 11.6 Å². The van der Waals surface area contributed by atoms with Crippen LogP contribution in [0.5, 0.6) is 0 Å². The minimum Gasteiger partial charge on any atom is -0.371 e. The van der Waals surface area contributed by atoms with Gasteiger partial charge in [-0.05, 0) is 38.0 Å². The van der Waals surface area contributed by atoms with Crippen LogP contribution in [0.15, 0.2) is 36.5 Å². The third-order valence-electron chi connectivity index (χ3n) is 4.01. The van der Waals surface area contributed by atoms with E-state index in [-0.39, 0.29) is 24.2 Å². The van der Waals surface area contributed by atoms with Crippen molar-refractivity contribution >= 4 is 23.4 Å². The summed E-state index contributed by atoms with van der Waals surface area (Å²) >= 11 is 5.93. The normalized spacial score (nSPS) is 20.3. The van der Waals surface area contributed by atoms with Crippen molar-refractivity contribution in [3.8, 4) is 0 Å². The molecule has 1 aromatic heterocycles. The van der Waals surface area contributed by atoms with Gasteiger partial charge in [-0.15, -0.1) is 0 Å². The van der Waals surface area contributed by atoms with Gasteiger partial charge in [0.25, 0.3) is 0 Å². The van der Waals surface area contributed by atoms with Crippen molar-refractivity contribution in [1.29, 1.82) is 0 Å². The van der Waals surface area contributed by atoms with Gasteiger partial charge in [-0.3, -0.25) is 5.32 Å². The van der Waals surface area contributed by atoms with E-state index in [0.717, 1.165) is 12.0 Å². The largest absolute Gasteiger partial charge is 0.371 e. The molecule has 0 bridgehead atoms. The molecule has 2 N–H and O–H groups in total. The highest BCUT2D eigenvalue weighted by molar-refractivity contribution is 6.30. The van der Waals surface area contributed by atoms with E-state index in [2.05, 4.69) is 15.7 Å². The van der Waals surface area contributed by atoms with E-state index in [1.165, 1.54) is 0 Å². The van der Waals surface area contributed by atoms with Crippen LogP contribution in [0, 0.1) is 0 Å². The fraction of sp³-hybridized carbons (Fsp3) is 0.412. The van der Waals surface area contributed by atoms with Gasteiger partial charge in [0.05, 0.1) is 12.2 Å². The van der Waals surface area contributed by atoms with E-state index < -0.39 is 0 Å². The van der Waals surface area contributed by atoms with Gasteiger partial charge in [-0.2, -0.15) is 5.10 Å². The van der Waals surface area contributed by atoms with Crippen molar-refractivity contribution in [1.82, 2.24) is 15.1 Å². The van der Waals surface area contributed by atoms with Crippen LogP contribution in [0.25, 0.3) is 0 Å². The second-order valence-corrected chi connectivity index (χ2v) is 6.53. The summed E-state index contributed by atoms with van der Waals surface area (Å²) < 4.78 is 7.55. The number of benzene rings is 1. The van der Waals surface area contributed by atoms with Crippen LogP contribution in [0.2, 0.25) is 5.02 Å². The number of carbonyl (C=O) groups is 1. The summed E-state index contributed by atoms with van der Waals surface area (Å²) in [5, 5.41) is 10.7. The first-order valence-electron chi connectivity index (χ1n) is 8.02. The first-order valence-corrected chi connectivity index (χ1v) is 8.40. The van der Waals surface area contributed by atoms with Crippen molar-refractivity contribution in [2.75, 3.05) is 11.9 Å². The molecule has 2 heterocycles. The van der Waals surface area contributed by atoms with Crippen molar-refractivity contribution in [3.05, 3.63) is 47.1 Å². The number of halogens is 1. The molecule has 0 saturated carbocycles. The lowest BCUT2D eigenvalue weighted by Crippen LogP contribution is -2.40. The Morgan fingerprint density at radius 1 is 1.33 bits per heavy atom. The molecule has 1 fully saturated rings. The molecule has 2 amide bonds. The van der Waals surface area contributed by atoms with E-state index in [1.54, 1.807) is 16.9 Å². The predicted octanol–water partition coefficient (Wildman–Crippen LogP) is 3.77. The van der Waals surface area contributed by atoms with Gasteiger partial charge < -0.3 is 10.1 Å². The Hall–Kier alpha value is -2.05. The summed E-state index contributed by atoms with van der Waals surface area (Å²) in [5.41, 5.74) is 1.01. The minimum absolute atomic E-state index is 0.0819. The Kier molecular flexibility index (Phi) is 5.06. The number of urea groups is 1. The first-order chi connectivity index (χ1) is 11.5. The highest BCUT2D eigenvalue weighted by atomic mass is 35.5. The maximum atomic E-state index is 12.3. The molecule has 2 atom stereocenters. The second-order valence-electron chi connectivity index (χ2n) is 6.09. The SMILES string of the molecule is CC(C)n1nccc1NC(=O)NC1CCOC1c1ccc(Cl)cc1. The highest BCUT2D eigenvalue weighted by Crippen LogP contribution is 2.30. The molecule has 128 valence electrons. The summed E-state index contributed by atoms with van der Waals surface area (Å²) in [6, 6.07) is 9.13. The Labute approximate surface area is 146 Å². The van der Waals surface area contributed by atoms with Crippen LogP contribution in [-0.2, 0) is 4.74 Å². The standard InChI is InChI=1S/C17H21ClN4O2/c1-11(2)22-15(7-9-19-22)21-17(23)20-14-8-10-24-16(14)12-3-5-13(18)6-4-12/h3-7,9,11,14,16H,8,10H2,1-2H3,(H2,20,21,23). The number of anilines is 1. The number of rotatable bonds is 4. The molecule has 6 nitrogen and oxygen atoms in total. The highest BCUT2D eigenvalue weighted by Gasteiger charge is 2.31. The molecule has 24 heavy (non-hydrogen) atoms. The molecule has 1 aromatic carbocycles. The maximum absolute atomic E-state index is 12.3. The topological polar surface area (TPSA) is 68.2 Å². The van der Waals surface area contributed by atoms with Crippen molar-refractivity contribution in [2.24, 2.45) is 0 Å². The van der Waals surface area contributed by atoms with Crippen LogP contribution in [-0.4, -0.2) is 28.5 Å². The van der Waals surface area contributed by atoms with Crippen LogP contribution in [0.3, 0.4) is 0 Å². The summed E-state index contributed by atoms with van der Waals surface area (Å²) in [4.78, 5) is 12.3. The number of carbonyl (C=O) groups excluding carboxylic acids is 1. The Morgan fingerprint density at radius 3 is 2.79 bits per heavy atom. The average molecular weight is 349 g/mol. The second kappa shape index (κ2) is 7.23. The predicted molar refractivity (Wildman–Crippen MR) is 93.3 cm³/mol. The lowest BCUT2D eigenvalue weighted by molar-refractivity contribution is 0.100. The Morgan fingerprint density at radius 2 is 2.08 bits per heavy atom. The third kappa shape index (κ3) is 3.71. The Balaban J connectivity index is 1.65. The summed E-state index contributed by atoms with van der Waals surface area (Å²) in [6.45, 7) is 4.64. The van der Waals surface area contributed by atoms with Gasteiger partial charge in [0.15, 0.2) is 0 Å². The lowest BCUT2D eigenvalue weighted by Gasteiger charge is -2.21. The minimum atomic E-state index is -0.258. The summed E-state index contributed by atoms with van der Waals surface area (Å²) in [5.74, 6) is 0.671. The zero-order valence-electron chi connectivity index (χ0n) is 13.7. The summed E-state index contributed by atoms with van der Waals surface area (Å²) in [6.07, 6.45) is 2.28. The molecule has 0 spiro atoms. The molecule has 2 unspecified atom stereocenters. The number of aromatic nitrogens is 2. The molecule has 1 aliphatic rings. The van der Waals surface area contributed by atoms with E-state index >= 15 is 0 Å². The fourth-order valence-electron chi connectivity index (χ4n) is 2.86. The van der Waals surface area contributed by atoms with Gasteiger partial charge in [0.1, 0.15) is 11.9 Å². The van der Waals surface area contributed by atoms with Crippen LogP contribution in [0.1, 0.15) is 38.0 Å². The van der Waals surface area contributed by atoms with E-state index in [1.807, 2.05) is 38.1 Å². The molecule has 3 rings (SSSR count). The number of nitrogens with zero attached hydrogens (tertiary/aromatic N) is 2. The molecule has 0 aliphatic carbocycles. The molecule has 0 radical (unpaired) electrons. The van der Waals surface area contributed by atoms with Crippen molar-refractivity contribution < 1.29 is 9.53 Å². The van der Waals surface area contributed by atoms with Gasteiger partial charge in [0, 0.05) is 23.7 Å². The fourth-order valence-corrected chi connectivity index (χ4v) is 2.99. The first kappa shape index (κ1) is 16.8. The molecule has 2 aromatic rings. The summed E-state index contributed by atoms with van der Waals surface area (Å²) in [7, 11) is 0. The number of hydrogen-bond donors (Lipinski definition) is 2. The number of amides is 2. The van der Waals surface area contributed by atoms with E-state index in [4.69, 9.17) is 16.3 Å². The number of hydrogen-bond acceptors (Lipinski definition) is 3. The monoisotopic (exact) mass is 348 g/mol. The quantitative estimate of drug-likeness (QED) is 0.883. The third-order valence-corrected chi connectivity index (χ3v) is 4.26. The molecule has 7 heteroatoms. The number of ether oxygens (including phenoxy) is 1. The molecule has 1 saturated heterocycles.